The second kappa shape index (κ2) is 7.41. The van der Waals surface area contributed by atoms with E-state index in [0.717, 1.165) is 0 Å². The Balaban J connectivity index is 1.51. The molecule has 2 aliphatic rings. The molecule has 8 heteroatoms. The fraction of sp³-hybridized carbons (Fsp3) is 0.250. The number of rotatable bonds is 5. The molecule has 0 aliphatic heterocycles. The number of amides is 2. The molecule has 28 heavy (non-hydrogen) atoms. The van der Waals surface area contributed by atoms with E-state index < -0.39 is 17.8 Å². The molecule has 4 rings (SSSR count). The van der Waals surface area contributed by atoms with E-state index in [1.807, 2.05) is 12.2 Å². The van der Waals surface area contributed by atoms with Crippen LogP contribution in [0.5, 0.6) is 0 Å². The molecule has 2 aliphatic carbocycles. The van der Waals surface area contributed by atoms with E-state index in [9.17, 15) is 19.5 Å². The minimum atomic E-state index is -0.947. The minimum absolute atomic E-state index is 0.0589. The molecular weight excluding hydrogens is 400 g/mol. The number of benzene rings is 1. The van der Waals surface area contributed by atoms with Crippen LogP contribution >= 0.6 is 22.9 Å². The van der Waals surface area contributed by atoms with E-state index in [2.05, 4.69) is 10.6 Å². The highest BCUT2D eigenvalue weighted by Gasteiger charge is 2.51. The minimum Gasteiger partial charge on any atom is -0.481 e. The topological polar surface area (TPSA) is 95.5 Å². The first kappa shape index (κ1) is 18.7. The zero-order valence-electron chi connectivity index (χ0n) is 14.6. The van der Waals surface area contributed by atoms with Crippen LogP contribution in [0.25, 0.3) is 0 Å². The molecule has 0 unspecified atom stereocenters. The van der Waals surface area contributed by atoms with Crippen molar-refractivity contribution >= 4 is 52.1 Å². The van der Waals surface area contributed by atoms with Crippen molar-refractivity contribution in [3.63, 3.8) is 0 Å². The summed E-state index contributed by atoms with van der Waals surface area (Å²) in [6.07, 6.45) is 4.52. The Morgan fingerprint density at radius 2 is 1.82 bits per heavy atom. The number of carboxylic acid groups (broad SMARTS) is 1. The number of allylic oxidation sites excluding steroid dienone is 2. The lowest BCUT2D eigenvalue weighted by molar-refractivity contribution is -0.146. The van der Waals surface area contributed by atoms with Crippen LogP contribution in [-0.2, 0) is 9.59 Å². The van der Waals surface area contributed by atoms with Crippen LogP contribution < -0.4 is 10.6 Å². The van der Waals surface area contributed by atoms with Gasteiger partial charge < -0.3 is 15.7 Å². The van der Waals surface area contributed by atoms with Crippen molar-refractivity contribution in [1.82, 2.24) is 0 Å². The number of carboxylic acids is 1. The highest BCUT2D eigenvalue weighted by Crippen LogP contribution is 2.48. The predicted octanol–water partition coefficient (Wildman–Crippen LogP) is 4.12. The SMILES string of the molecule is O=C(Nc1cc(NC(=O)[C@H]2[C@H](C(=O)O)[C@H]3C=C[C@H]2C3)ccc1Cl)c1cccs1. The zero-order chi connectivity index (χ0) is 19.8. The molecule has 2 aromatic rings. The maximum atomic E-state index is 12.8. The summed E-state index contributed by atoms with van der Waals surface area (Å²) in [5.41, 5.74) is 0.826. The van der Waals surface area contributed by atoms with Gasteiger partial charge in [0.25, 0.3) is 5.91 Å². The van der Waals surface area contributed by atoms with Crippen LogP contribution in [-0.4, -0.2) is 22.9 Å². The molecule has 0 radical (unpaired) electrons. The number of hydrogen-bond donors (Lipinski definition) is 3. The average molecular weight is 417 g/mol. The summed E-state index contributed by atoms with van der Waals surface area (Å²) >= 11 is 7.48. The van der Waals surface area contributed by atoms with Crippen molar-refractivity contribution in [2.75, 3.05) is 10.6 Å². The van der Waals surface area contributed by atoms with E-state index in [1.165, 1.54) is 11.3 Å². The smallest absolute Gasteiger partial charge is 0.307 e. The molecule has 1 aromatic carbocycles. The average Bonchev–Trinajstić information content (AvgIpc) is 3.40. The van der Waals surface area contributed by atoms with E-state index in [1.54, 1.807) is 35.7 Å². The first-order chi connectivity index (χ1) is 13.4. The molecule has 144 valence electrons. The van der Waals surface area contributed by atoms with Gasteiger partial charge in [0.05, 0.1) is 27.4 Å². The molecule has 0 spiro atoms. The van der Waals surface area contributed by atoms with Gasteiger partial charge in [-0.25, -0.2) is 0 Å². The fourth-order valence-electron chi connectivity index (χ4n) is 4.03. The molecular formula is C20H17ClN2O4S. The maximum absolute atomic E-state index is 12.8. The quantitative estimate of drug-likeness (QED) is 0.639. The van der Waals surface area contributed by atoms with Gasteiger partial charge in [0.1, 0.15) is 0 Å². The highest BCUT2D eigenvalue weighted by atomic mass is 35.5. The Morgan fingerprint density at radius 1 is 1.07 bits per heavy atom. The monoisotopic (exact) mass is 416 g/mol. The standard InChI is InChI=1S/C20H17ClN2O4S/c21-13-6-5-12(9-14(13)23-18(24)15-2-1-7-28-15)22-19(25)16-10-3-4-11(8-10)17(16)20(26)27/h1-7,9-11,16-17H,8H2,(H,22,25)(H,23,24)(H,26,27)/t10-,11-,16+,17+/m0/s1. The lowest BCUT2D eigenvalue weighted by atomic mass is 9.82. The van der Waals surface area contributed by atoms with Crippen molar-refractivity contribution in [2.45, 2.75) is 6.42 Å². The van der Waals surface area contributed by atoms with Gasteiger partial charge in [-0.1, -0.05) is 29.8 Å². The van der Waals surface area contributed by atoms with Crippen LogP contribution in [0.15, 0.2) is 47.9 Å². The summed E-state index contributed by atoms with van der Waals surface area (Å²) in [6, 6.07) is 8.26. The number of hydrogen-bond acceptors (Lipinski definition) is 4. The van der Waals surface area contributed by atoms with Gasteiger partial charge in [0.2, 0.25) is 5.91 Å². The van der Waals surface area contributed by atoms with Gasteiger partial charge in [0, 0.05) is 5.69 Å². The molecule has 0 saturated heterocycles. The molecule has 3 N–H and O–H groups in total. The lowest BCUT2D eigenvalue weighted by Crippen LogP contribution is -2.36. The van der Waals surface area contributed by atoms with Crippen LogP contribution in [0.4, 0.5) is 11.4 Å². The molecule has 1 heterocycles. The summed E-state index contributed by atoms with van der Waals surface area (Å²) in [7, 11) is 0. The summed E-state index contributed by atoms with van der Waals surface area (Å²) in [5, 5.41) is 17.2. The van der Waals surface area contributed by atoms with Gasteiger partial charge in [-0.05, 0) is 47.9 Å². The van der Waals surface area contributed by atoms with Gasteiger partial charge >= 0.3 is 5.97 Å². The molecule has 1 aromatic heterocycles. The summed E-state index contributed by atoms with van der Waals surface area (Å²) in [4.78, 5) is 37.2. The van der Waals surface area contributed by atoms with Gasteiger partial charge in [-0.3, -0.25) is 14.4 Å². The molecule has 2 amide bonds. The Bertz CT molecular complexity index is 973. The van der Waals surface area contributed by atoms with Gasteiger partial charge in [0.15, 0.2) is 0 Å². The Morgan fingerprint density at radius 3 is 2.50 bits per heavy atom. The third kappa shape index (κ3) is 3.43. The third-order valence-electron chi connectivity index (χ3n) is 5.27. The summed E-state index contributed by atoms with van der Waals surface area (Å²) in [5.74, 6) is -3.03. The first-order valence-electron chi connectivity index (χ1n) is 8.80. The van der Waals surface area contributed by atoms with Gasteiger partial charge in [-0.2, -0.15) is 0 Å². The fourth-order valence-corrected chi connectivity index (χ4v) is 4.82. The summed E-state index contributed by atoms with van der Waals surface area (Å²) < 4.78 is 0. The molecule has 2 bridgehead atoms. The van der Waals surface area contributed by atoms with Crippen molar-refractivity contribution in [2.24, 2.45) is 23.7 Å². The van der Waals surface area contributed by atoms with Gasteiger partial charge in [-0.15, -0.1) is 11.3 Å². The molecule has 4 atom stereocenters. The van der Waals surface area contributed by atoms with E-state index in [-0.39, 0.29) is 23.7 Å². The Hall–Kier alpha value is -2.64. The lowest BCUT2D eigenvalue weighted by Gasteiger charge is -2.24. The number of carbonyl (C=O) groups is 3. The van der Waals surface area contributed by atoms with Crippen molar-refractivity contribution < 1.29 is 19.5 Å². The molecule has 6 nitrogen and oxygen atoms in total. The maximum Gasteiger partial charge on any atom is 0.307 e. The van der Waals surface area contributed by atoms with Crippen molar-refractivity contribution in [3.05, 3.63) is 57.8 Å². The normalized spacial score (nSPS) is 24.9. The van der Waals surface area contributed by atoms with Crippen LogP contribution in [0.1, 0.15) is 16.1 Å². The molecule has 1 saturated carbocycles. The summed E-state index contributed by atoms with van der Waals surface area (Å²) in [6.45, 7) is 0. The highest BCUT2D eigenvalue weighted by molar-refractivity contribution is 7.12. The van der Waals surface area contributed by atoms with Crippen molar-refractivity contribution in [3.8, 4) is 0 Å². The van der Waals surface area contributed by atoms with E-state index in [4.69, 9.17) is 11.6 Å². The second-order valence-corrected chi connectivity index (χ2v) is 8.31. The first-order valence-corrected chi connectivity index (χ1v) is 10.1. The van der Waals surface area contributed by atoms with Crippen molar-refractivity contribution in [1.29, 1.82) is 0 Å². The number of fused-ring (bicyclic) bond motifs is 2. The Labute approximate surface area is 170 Å². The Kier molecular flexibility index (Phi) is 4.95. The second-order valence-electron chi connectivity index (χ2n) is 6.95. The van der Waals surface area contributed by atoms with Crippen LogP contribution in [0.3, 0.4) is 0 Å². The predicted molar refractivity (Wildman–Crippen MR) is 108 cm³/mol. The van der Waals surface area contributed by atoms with Crippen LogP contribution in [0, 0.1) is 23.7 Å². The number of anilines is 2. The number of aliphatic carboxylic acids is 1. The largest absolute Gasteiger partial charge is 0.481 e. The van der Waals surface area contributed by atoms with E-state index >= 15 is 0 Å². The van der Waals surface area contributed by atoms with E-state index in [0.29, 0.717) is 27.7 Å². The molecule has 1 fully saturated rings. The number of thiophene rings is 1. The zero-order valence-corrected chi connectivity index (χ0v) is 16.2. The third-order valence-corrected chi connectivity index (χ3v) is 6.47. The number of carbonyl (C=O) groups excluding carboxylic acids is 2. The van der Waals surface area contributed by atoms with Crippen LogP contribution in [0.2, 0.25) is 5.02 Å². The number of nitrogens with one attached hydrogen (secondary N) is 2. The number of halogens is 1.